The third-order valence-electron chi connectivity index (χ3n) is 22.1. The highest BCUT2D eigenvalue weighted by Gasteiger charge is 2.40. The van der Waals surface area contributed by atoms with Crippen molar-refractivity contribution < 1.29 is 200 Å². The van der Waals surface area contributed by atoms with E-state index in [1.54, 1.807) is 0 Å². The van der Waals surface area contributed by atoms with Crippen molar-refractivity contribution in [2.24, 2.45) is 23.7 Å². The number of nitrogens with zero attached hydrogens (tertiary/aromatic N) is 3. The Morgan fingerprint density at radius 3 is 1.18 bits per heavy atom. The molecule has 53 heteroatoms. The number of nitrogens with one attached hydrogen (secondary N) is 8. The molecule has 3 aromatic rings. The zero-order valence-electron chi connectivity index (χ0n) is 73.5. The molecular weight excluding hydrogens is 1810 g/mol. The summed E-state index contributed by atoms with van der Waals surface area (Å²) in [5, 5.41) is 269. The highest BCUT2D eigenvalue weighted by atomic mass is 16.4. The van der Waals surface area contributed by atoms with Crippen LogP contribution in [0.1, 0.15) is 164 Å². The van der Waals surface area contributed by atoms with E-state index in [0.29, 0.717) is 5.69 Å². The van der Waals surface area contributed by atoms with Gasteiger partial charge in [-0.15, -0.1) is 0 Å². The fourth-order valence-electron chi connectivity index (χ4n) is 13.5. The monoisotopic (exact) mass is 1930 g/mol. The first-order valence-electron chi connectivity index (χ1n) is 43.0. The number of aliphatic hydroxyl groups is 21. The number of aromatic amines is 1. The second-order valence-corrected chi connectivity index (χ2v) is 32.7. The van der Waals surface area contributed by atoms with Crippen LogP contribution in [0.25, 0.3) is 11.2 Å². The predicted octanol–water partition coefficient (Wildman–Crippen LogP) is -12.0. The molecule has 0 aliphatic carbocycles. The van der Waals surface area contributed by atoms with Crippen molar-refractivity contribution in [3.8, 4) is 0 Å². The van der Waals surface area contributed by atoms with E-state index in [-0.39, 0.29) is 34.9 Å². The van der Waals surface area contributed by atoms with Gasteiger partial charge in [-0.05, 0) is 94.9 Å². The zero-order chi connectivity index (χ0) is 102. The van der Waals surface area contributed by atoms with Crippen molar-refractivity contribution in [1.82, 2.24) is 51.8 Å². The summed E-state index contributed by atoms with van der Waals surface area (Å²) >= 11 is 0. The van der Waals surface area contributed by atoms with E-state index in [2.05, 4.69) is 57.2 Å². The van der Waals surface area contributed by atoms with Gasteiger partial charge in [0, 0.05) is 113 Å². The molecule has 0 fully saturated rings. The maximum Gasteiger partial charge on any atom is 0.326 e. The molecule has 0 aliphatic heterocycles. The van der Waals surface area contributed by atoms with Crippen molar-refractivity contribution in [3.63, 3.8) is 0 Å². The Labute approximate surface area is 768 Å². The number of H-pyrrole nitrogens is 1. The normalized spacial score (nSPS) is 17.3. The van der Waals surface area contributed by atoms with E-state index in [4.69, 9.17) is 10.8 Å². The van der Waals surface area contributed by atoms with Crippen molar-refractivity contribution in [2.45, 2.75) is 283 Å². The number of aromatic nitrogens is 4. The van der Waals surface area contributed by atoms with Gasteiger partial charge in [0.25, 0.3) is 11.5 Å². The molecule has 135 heavy (non-hydrogen) atoms. The molecule has 0 saturated heterocycles. The summed E-state index contributed by atoms with van der Waals surface area (Å²) < 4.78 is 0. The molecule has 25 atom stereocenters. The Morgan fingerprint density at radius 2 is 0.770 bits per heavy atom. The van der Waals surface area contributed by atoms with E-state index in [9.17, 15) is 185 Å². The second-order valence-electron chi connectivity index (χ2n) is 32.7. The number of nitrogens with two attached hydrogens (primary N) is 1. The van der Waals surface area contributed by atoms with Gasteiger partial charge in [0.15, 0.2) is 28.5 Å². The first kappa shape index (κ1) is 118. The lowest BCUT2D eigenvalue weighted by Crippen LogP contribution is -2.50. The molecule has 0 radical (unpaired) electrons. The SMILES string of the molecule is C[C@H](CC(=O)[C@H](CCC(=O)CC[C@H](O)[C@@H](O)[C@H](O)[C@H](O)CO)NC(=O)[C@H](CCC(=O)O)CC(=O)[C@H](CCC(=O)CC[C@H](O)[C@@H](O)[C@H](O)[C@H](O)CO)NC(=O)[C@H](CCC(=O)NC[C@H](O)[C@@H](O)[C@H](O)[C@H](O)CO)CC(=O)[C@H](CCC(=O)O)NC(=O)[C@H](CCC(=O)NC[C@H](O)[C@@H](O)[C@H](O)[C@H](O)CO)C[C@@H](O)CC[C@H](NC(=O)c1ccc(NCc2cnc3nc(N)[nH]c(=O)c3n2)cc1)C(=O)O)C(=O)O. The first-order valence-corrected chi connectivity index (χ1v) is 43.0. The highest BCUT2D eigenvalue weighted by molar-refractivity contribution is 5.99. The number of rotatable bonds is 71. The number of aliphatic hydroxyl groups excluding tert-OH is 21. The molecule has 0 saturated carbocycles. The van der Waals surface area contributed by atoms with Crippen LogP contribution < -0.4 is 48.5 Å². The molecule has 0 bridgehead atoms. The van der Waals surface area contributed by atoms with Gasteiger partial charge in [-0.1, -0.05) is 6.92 Å². The Hall–Kier alpha value is -10.8. The number of Topliss-reactive ketones (excluding diaryl/α,β-unsaturated/α-hetero) is 5. The Balaban J connectivity index is 2.21. The minimum Gasteiger partial charge on any atom is -0.481 e. The third kappa shape index (κ3) is 41.8. The Bertz CT molecular complexity index is 4420. The average molecular weight is 1940 g/mol. The summed E-state index contributed by atoms with van der Waals surface area (Å²) in [7, 11) is 0. The lowest BCUT2D eigenvalue weighted by molar-refractivity contribution is -0.143. The van der Waals surface area contributed by atoms with Gasteiger partial charge in [-0.3, -0.25) is 76.9 Å². The molecule has 0 spiro atoms. The molecule has 1 aromatic carbocycles. The van der Waals surface area contributed by atoms with E-state index >= 15 is 14.4 Å². The molecule has 2 heterocycles. The summed E-state index contributed by atoms with van der Waals surface area (Å²) in [5.41, 5.74) is 5.37. The van der Waals surface area contributed by atoms with Crippen LogP contribution in [0.2, 0.25) is 0 Å². The maximum atomic E-state index is 15.2. The standard InChI is InChI=1S/C82H126N12O41/c1-36(80(132)133)24-52(104)46(14-9-43(99)12-18-50(102)66(119)70(123)57(109)32-95)89-78(130)40(6-22-63(115)116)27-53(105)47(15-10-44(100)13-19-51(103)67(120)71(124)58(110)33-96)90-77(129)39(5-21-62(114)86-31-56(108)69(122)73(126)60(112)35-98)26-54(106)48(17-23-64(117)118)91-76(128)38(4-20-61(113)85-30-55(107)68(121)72(125)59(111)34-97)25-45(101)11-16-49(81(134)135)92-75(127)37-2-7-41(8-3-37)84-28-42-29-87-74-65(88-42)79(131)94-82(83)93-74/h2-3,7-8,29,36,38-40,45-51,55-60,66-73,84,95-98,101-103,107-112,119-126H,4-6,9-28,30-35H2,1H3,(H,85,113)(H,86,114)(H,89,130)(H,90,129)(H,91,128)(H,92,127)(H,115,116)(H,117,118)(H,132,133)(H,134,135)(H3,83,87,93,94,131)/t36-,38-,39-,40-,45+,46+,47+,48+,49+,50+,51+,55+,56+,57-,58-,59-,60-,66-,67-,68-,69-,70-,71-,72-,73-/m1/s1. The van der Waals surface area contributed by atoms with Crippen LogP contribution in [0.4, 0.5) is 11.6 Å². The van der Waals surface area contributed by atoms with Crippen molar-refractivity contribution in [3.05, 3.63) is 52.1 Å². The van der Waals surface area contributed by atoms with Gasteiger partial charge in [-0.25, -0.2) is 14.8 Å². The van der Waals surface area contributed by atoms with Gasteiger partial charge in [0.05, 0.1) is 99.4 Å². The minimum absolute atomic E-state index is 0.00391. The minimum atomic E-state index is -2.28. The smallest absolute Gasteiger partial charge is 0.326 e. The van der Waals surface area contributed by atoms with Crippen molar-refractivity contribution >= 4 is 111 Å². The van der Waals surface area contributed by atoms with Crippen LogP contribution in [-0.2, 0) is 73.7 Å². The maximum absolute atomic E-state index is 15.2. The number of carboxylic acid groups (broad SMARTS) is 4. The number of anilines is 2. The summed E-state index contributed by atoms with van der Waals surface area (Å²) in [6.45, 7) is -5.18. The van der Waals surface area contributed by atoms with E-state index in [1.807, 2.05) is 0 Å². The van der Waals surface area contributed by atoms with Crippen LogP contribution >= 0.6 is 0 Å². The van der Waals surface area contributed by atoms with Gasteiger partial charge in [0.1, 0.15) is 90.9 Å². The number of nitrogen functional groups attached to an aromatic ring is 1. The summed E-state index contributed by atoms with van der Waals surface area (Å²) in [6.07, 6.45) is -52.3. The van der Waals surface area contributed by atoms with Gasteiger partial charge < -0.3 is 171 Å². The molecule has 3 rings (SSSR count). The number of hydrogen-bond acceptors (Lipinski definition) is 42. The number of hydrogen-bond donors (Lipinski definition) is 34. The third-order valence-corrected chi connectivity index (χ3v) is 22.1. The van der Waals surface area contributed by atoms with Gasteiger partial charge in [-0.2, -0.15) is 4.98 Å². The molecule has 760 valence electrons. The Morgan fingerprint density at radius 1 is 0.400 bits per heavy atom. The topological polar surface area (TPSA) is 944 Å². The second kappa shape index (κ2) is 60.0. The average Bonchev–Trinajstić information content (AvgIpc) is 0.807. The predicted molar refractivity (Wildman–Crippen MR) is 456 cm³/mol. The number of amides is 6. The van der Waals surface area contributed by atoms with Crippen molar-refractivity contribution in [2.75, 3.05) is 50.6 Å². The Kier molecular flexibility index (Phi) is 52.6. The van der Waals surface area contributed by atoms with Crippen LogP contribution in [0.15, 0.2) is 35.3 Å². The first-order chi connectivity index (χ1) is 63.4. The zero-order valence-corrected chi connectivity index (χ0v) is 73.5. The molecular formula is C82H126N12O41. The number of carboxylic acids is 4. The molecule has 6 amide bonds. The van der Waals surface area contributed by atoms with Gasteiger partial charge in [0.2, 0.25) is 35.5 Å². The fourth-order valence-corrected chi connectivity index (χ4v) is 13.5. The molecule has 0 unspecified atom stereocenters. The van der Waals surface area contributed by atoms with Crippen molar-refractivity contribution in [1.29, 1.82) is 0 Å². The number of carbonyl (C=O) groups excluding carboxylic acids is 11. The lowest BCUT2D eigenvalue weighted by atomic mass is 9.88. The number of carbonyl (C=O) groups is 15. The van der Waals surface area contributed by atoms with E-state index in [1.165, 1.54) is 30.5 Å². The number of ketones is 5. The summed E-state index contributed by atoms with van der Waals surface area (Å²) in [4.78, 5) is 233. The van der Waals surface area contributed by atoms with E-state index < -0.39 is 426 Å². The lowest BCUT2D eigenvalue weighted by Gasteiger charge is -2.27. The number of benzene rings is 1. The van der Waals surface area contributed by atoms with Crippen LogP contribution in [0.3, 0.4) is 0 Å². The van der Waals surface area contributed by atoms with Gasteiger partial charge >= 0.3 is 23.9 Å². The largest absolute Gasteiger partial charge is 0.481 e. The summed E-state index contributed by atoms with van der Waals surface area (Å²) in [6, 6.07) is -2.46. The highest BCUT2D eigenvalue weighted by Crippen LogP contribution is 2.26. The number of fused-ring (bicyclic) bond motifs is 1. The van der Waals surface area contributed by atoms with Crippen LogP contribution in [0, 0.1) is 23.7 Å². The quantitative estimate of drug-likeness (QED) is 0.0249. The molecule has 0 aliphatic rings. The molecule has 35 N–H and O–H groups in total. The van der Waals surface area contributed by atoms with Crippen LogP contribution in [0.5, 0.6) is 0 Å². The van der Waals surface area contributed by atoms with Crippen LogP contribution in [-0.4, -0.2) is 403 Å². The molecule has 53 nitrogen and oxygen atoms in total. The fraction of sp³-hybridized carbons (Fsp3) is 0.671. The number of aliphatic carboxylic acids is 4. The van der Waals surface area contributed by atoms with E-state index in [0.717, 1.165) is 6.92 Å². The summed E-state index contributed by atoms with van der Waals surface area (Å²) in [5.74, 6) is -26.6. The molecule has 2 aromatic heterocycles.